The molecule has 0 aromatic heterocycles. The quantitative estimate of drug-likeness (QED) is 0.436. The molecule has 0 unspecified atom stereocenters. The number of ether oxygens (including phenoxy) is 2. The van der Waals surface area contributed by atoms with Crippen LogP contribution in [0.3, 0.4) is 0 Å². The fourth-order valence-electron chi connectivity index (χ4n) is 3.33. The summed E-state index contributed by atoms with van der Waals surface area (Å²) >= 11 is 5.91. The van der Waals surface area contributed by atoms with Gasteiger partial charge in [0.2, 0.25) is 5.91 Å². The lowest BCUT2D eigenvalue weighted by molar-refractivity contribution is -0.114. The number of benzene rings is 3. The number of nitrogens with zero attached hydrogens (tertiary/aromatic N) is 1. The van der Waals surface area contributed by atoms with E-state index in [2.05, 4.69) is 5.32 Å². The van der Waals surface area contributed by atoms with Crippen molar-refractivity contribution in [3.63, 3.8) is 0 Å². The highest BCUT2D eigenvalue weighted by Crippen LogP contribution is 2.26. The Morgan fingerprint density at radius 1 is 0.917 bits per heavy atom. The van der Waals surface area contributed by atoms with Crippen LogP contribution >= 0.6 is 11.6 Å². The number of methoxy groups -OCH3 is 2. The molecule has 1 amide bonds. The number of amides is 1. The molecule has 36 heavy (non-hydrogen) atoms. The lowest BCUT2D eigenvalue weighted by Gasteiger charge is -2.24. The number of nitrogens with one attached hydrogen (secondary N) is 1. The van der Waals surface area contributed by atoms with Crippen molar-refractivity contribution in [2.24, 2.45) is 0 Å². The highest BCUT2D eigenvalue weighted by atomic mass is 35.5. The van der Waals surface area contributed by atoms with Crippen molar-refractivity contribution in [1.82, 2.24) is 0 Å². The van der Waals surface area contributed by atoms with Gasteiger partial charge < -0.3 is 14.8 Å². The standard InChI is InChI=1S/C25H23ClN2O7S/c1-16-5-4-6-19(13-16)28(36(32,33)20-10-8-18(26)9-11-20)15-23(29)27-22-14-17(24(30)34-2)7-12-21(22)25(31)35-3/h4-14H,15H2,1-3H3,(H,27,29). The van der Waals surface area contributed by atoms with Crippen molar-refractivity contribution in [2.45, 2.75) is 11.8 Å². The maximum atomic E-state index is 13.5. The van der Waals surface area contributed by atoms with Gasteiger partial charge in [-0.25, -0.2) is 18.0 Å². The van der Waals surface area contributed by atoms with Crippen molar-refractivity contribution >= 4 is 50.8 Å². The second-order valence-electron chi connectivity index (χ2n) is 7.60. The number of anilines is 2. The number of sulfonamides is 1. The van der Waals surface area contributed by atoms with E-state index in [-0.39, 0.29) is 27.4 Å². The minimum absolute atomic E-state index is 0.0267. The summed E-state index contributed by atoms with van der Waals surface area (Å²) in [5.41, 5.74) is 1.05. The Labute approximate surface area is 213 Å². The van der Waals surface area contributed by atoms with Crippen LogP contribution in [0.5, 0.6) is 0 Å². The van der Waals surface area contributed by atoms with Crippen LogP contribution in [-0.4, -0.2) is 47.0 Å². The predicted octanol–water partition coefficient (Wildman–Crippen LogP) is 4.06. The van der Waals surface area contributed by atoms with Crippen LogP contribution in [0, 0.1) is 6.92 Å². The van der Waals surface area contributed by atoms with E-state index in [4.69, 9.17) is 21.1 Å². The van der Waals surface area contributed by atoms with Crippen LogP contribution < -0.4 is 9.62 Å². The number of rotatable bonds is 8. The van der Waals surface area contributed by atoms with Gasteiger partial charge in [0.15, 0.2) is 0 Å². The summed E-state index contributed by atoms with van der Waals surface area (Å²) in [5, 5.41) is 2.87. The maximum Gasteiger partial charge on any atom is 0.339 e. The highest BCUT2D eigenvalue weighted by molar-refractivity contribution is 7.92. The van der Waals surface area contributed by atoms with Crippen molar-refractivity contribution in [3.05, 3.63) is 88.4 Å². The summed E-state index contributed by atoms with van der Waals surface area (Å²) in [5.74, 6) is -2.21. The Kier molecular flexibility index (Phi) is 8.33. The van der Waals surface area contributed by atoms with E-state index in [1.54, 1.807) is 31.2 Å². The first-order chi connectivity index (χ1) is 17.1. The van der Waals surface area contributed by atoms with E-state index < -0.39 is 34.4 Å². The summed E-state index contributed by atoms with van der Waals surface area (Å²) in [4.78, 5) is 37.2. The largest absolute Gasteiger partial charge is 0.465 e. The zero-order valence-corrected chi connectivity index (χ0v) is 21.2. The molecule has 0 radical (unpaired) electrons. The van der Waals surface area contributed by atoms with E-state index in [1.807, 2.05) is 0 Å². The van der Waals surface area contributed by atoms with E-state index in [1.165, 1.54) is 56.7 Å². The molecule has 3 aromatic carbocycles. The van der Waals surface area contributed by atoms with E-state index >= 15 is 0 Å². The van der Waals surface area contributed by atoms with Crippen LogP contribution in [0.2, 0.25) is 5.02 Å². The number of hydrogen-bond donors (Lipinski definition) is 1. The molecule has 0 aliphatic heterocycles. The summed E-state index contributed by atoms with van der Waals surface area (Å²) in [7, 11) is -1.83. The first-order valence-corrected chi connectivity index (χ1v) is 12.3. The highest BCUT2D eigenvalue weighted by Gasteiger charge is 2.28. The second-order valence-corrected chi connectivity index (χ2v) is 9.90. The third-order valence-electron chi connectivity index (χ3n) is 5.10. The SMILES string of the molecule is COC(=O)c1ccc(C(=O)OC)c(NC(=O)CN(c2cccc(C)c2)S(=O)(=O)c2ccc(Cl)cc2)c1. The van der Waals surface area contributed by atoms with Crippen LogP contribution in [0.15, 0.2) is 71.6 Å². The lowest BCUT2D eigenvalue weighted by Crippen LogP contribution is -2.38. The zero-order valence-electron chi connectivity index (χ0n) is 19.6. The number of hydrogen-bond acceptors (Lipinski definition) is 7. The van der Waals surface area contributed by atoms with Crippen LogP contribution in [0.1, 0.15) is 26.3 Å². The Morgan fingerprint density at radius 2 is 1.58 bits per heavy atom. The molecule has 0 bridgehead atoms. The molecule has 0 atom stereocenters. The number of halogens is 1. The van der Waals surface area contributed by atoms with Gasteiger partial charge in [-0.3, -0.25) is 9.10 Å². The van der Waals surface area contributed by atoms with Crippen molar-refractivity contribution in [2.75, 3.05) is 30.4 Å². The minimum atomic E-state index is -4.18. The molecular formula is C25H23ClN2O7S. The average molecular weight is 531 g/mol. The normalized spacial score (nSPS) is 10.9. The molecule has 0 heterocycles. The van der Waals surface area contributed by atoms with E-state index in [0.717, 1.165) is 9.87 Å². The van der Waals surface area contributed by atoms with Gasteiger partial charge >= 0.3 is 11.9 Å². The summed E-state index contributed by atoms with van der Waals surface area (Å²) in [6, 6.07) is 16.1. The first-order valence-electron chi connectivity index (χ1n) is 10.5. The van der Waals surface area contributed by atoms with Crippen molar-refractivity contribution in [3.8, 4) is 0 Å². The van der Waals surface area contributed by atoms with E-state index in [0.29, 0.717) is 5.02 Å². The number of aryl methyl sites for hydroxylation is 1. The first kappa shape index (κ1) is 26.7. The predicted molar refractivity (Wildman–Crippen MR) is 135 cm³/mol. The molecule has 0 fully saturated rings. The third-order valence-corrected chi connectivity index (χ3v) is 7.14. The molecular weight excluding hydrogens is 508 g/mol. The van der Waals surface area contributed by atoms with Gasteiger partial charge in [-0.15, -0.1) is 0 Å². The van der Waals surface area contributed by atoms with E-state index in [9.17, 15) is 22.8 Å². The smallest absolute Gasteiger partial charge is 0.339 e. The van der Waals surface area contributed by atoms with Crippen LogP contribution in [0.4, 0.5) is 11.4 Å². The summed E-state index contributed by atoms with van der Waals surface area (Å²) < 4.78 is 37.4. The van der Waals surface area contributed by atoms with Gasteiger partial charge in [0.05, 0.1) is 41.6 Å². The zero-order chi connectivity index (χ0) is 26.5. The molecule has 0 aliphatic carbocycles. The topological polar surface area (TPSA) is 119 Å². The molecule has 0 saturated heterocycles. The third kappa shape index (κ3) is 6.02. The summed E-state index contributed by atoms with van der Waals surface area (Å²) in [6.07, 6.45) is 0. The molecule has 11 heteroatoms. The number of carbonyl (C=O) groups excluding carboxylic acids is 3. The number of carbonyl (C=O) groups is 3. The average Bonchev–Trinajstić information content (AvgIpc) is 2.86. The molecule has 0 spiro atoms. The molecule has 9 nitrogen and oxygen atoms in total. The Balaban J connectivity index is 2.01. The second kappa shape index (κ2) is 11.2. The van der Waals surface area contributed by atoms with Gasteiger partial charge in [0.1, 0.15) is 6.54 Å². The van der Waals surface area contributed by atoms with Gasteiger partial charge in [-0.2, -0.15) is 0 Å². The van der Waals surface area contributed by atoms with Gasteiger partial charge in [-0.1, -0.05) is 23.7 Å². The van der Waals surface area contributed by atoms with Gasteiger partial charge in [0, 0.05) is 5.02 Å². The molecule has 3 rings (SSSR count). The fraction of sp³-hybridized carbons (Fsp3) is 0.160. The Morgan fingerprint density at radius 3 is 2.19 bits per heavy atom. The maximum absolute atomic E-state index is 13.5. The summed E-state index contributed by atoms with van der Waals surface area (Å²) in [6.45, 7) is 1.16. The molecule has 188 valence electrons. The number of esters is 2. The Hall–Kier alpha value is -3.89. The molecule has 0 aliphatic rings. The van der Waals surface area contributed by atoms with Crippen LogP contribution in [-0.2, 0) is 24.3 Å². The lowest BCUT2D eigenvalue weighted by atomic mass is 10.1. The van der Waals surface area contributed by atoms with Gasteiger partial charge in [-0.05, 0) is 67.1 Å². The Bertz CT molecular complexity index is 1410. The van der Waals surface area contributed by atoms with Crippen molar-refractivity contribution in [1.29, 1.82) is 0 Å². The minimum Gasteiger partial charge on any atom is -0.465 e. The molecule has 3 aromatic rings. The monoisotopic (exact) mass is 530 g/mol. The van der Waals surface area contributed by atoms with Crippen LogP contribution in [0.25, 0.3) is 0 Å². The molecule has 0 saturated carbocycles. The fourth-order valence-corrected chi connectivity index (χ4v) is 4.87. The van der Waals surface area contributed by atoms with Gasteiger partial charge in [0.25, 0.3) is 10.0 Å². The van der Waals surface area contributed by atoms with Crippen molar-refractivity contribution < 1.29 is 32.3 Å². The molecule has 1 N–H and O–H groups in total.